The zero-order valence-electron chi connectivity index (χ0n) is 27.6. The third-order valence-electron chi connectivity index (χ3n) is 8.78. The maximum atomic E-state index is 13.7. The van der Waals surface area contributed by atoms with E-state index in [-0.39, 0.29) is 40.8 Å². The molecular weight excluding hydrogens is 648 g/mol. The van der Waals surface area contributed by atoms with Crippen molar-refractivity contribution in [3.05, 3.63) is 82.3 Å². The van der Waals surface area contributed by atoms with Crippen molar-refractivity contribution >= 4 is 44.7 Å². The molecule has 1 fully saturated rings. The fourth-order valence-corrected chi connectivity index (χ4v) is 7.60. The van der Waals surface area contributed by atoms with E-state index in [2.05, 4.69) is 30.6 Å². The van der Waals surface area contributed by atoms with Gasteiger partial charge in [-0.1, -0.05) is 30.3 Å². The summed E-state index contributed by atoms with van der Waals surface area (Å²) in [5, 5.41) is 17.2. The lowest BCUT2D eigenvalue weighted by atomic mass is 9.81. The monoisotopic (exact) mass is 690 g/mol. The van der Waals surface area contributed by atoms with Gasteiger partial charge < -0.3 is 31.0 Å². The third kappa shape index (κ3) is 9.15. The Bertz CT molecular complexity index is 1990. The molecule has 3 aromatic carbocycles. The molecule has 260 valence electrons. The van der Waals surface area contributed by atoms with Crippen molar-refractivity contribution in [2.45, 2.75) is 69.9 Å². The first-order valence-electron chi connectivity index (χ1n) is 16.3. The molecule has 49 heavy (non-hydrogen) atoms. The van der Waals surface area contributed by atoms with E-state index in [0.717, 1.165) is 22.3 Å². The van der Waals surface area contributed by atoms with Gasteiger partial charge in [0.25, 0.3) is 0 Å². The highest BCUT2D eigenvalue weighted by Crippen LogP contribution is 2.29. The van der Waals surface area contributed by atoms with Crippen molar-refractivity contribution in [1.82, 2.24) is 25.3 Å². The summed E-state index contributed by atoms with van der Waals surface area (Å²) < 4.78 is 27.9. The lowest BCUT2D eigenvalue weighted by Crippen LogP contribution is -2.48. The fourth-order valence-electron chi connectivity index (χ4n) is 6.26. The highest BCUT2D eigenvalue weighted by molar-refractivity contribution is 7.89. The van der Waals surface area contributed by atoms with E-state index >= 15 is 0 Å². The van der Waals surface area contributed by atoms with Crippen LogP contribution in [0.4, 0.5) is 10.5 Å². The summed E-state index contributed by atoms with van der Waals surface area (Å²) in [7, 11) is -3.63. The van der Waals surface area contributed by atoms with Crippen LogP contribution in [-0.2, 0) is 26.0 Å². The van der Waals surface area contributed by atoms with Crippen molar-refractivity contribution < 1.29 is 27.9 Å². The number of hydrogen-bond donors (Lipinski definition) is 7. The molecule has 7 N–H and O–H groups in total. The molecule has 1 heterocycles. The van der Waals surface area contributed by atoms with Crippen molar-refractivity contribution in [2.75, 3.05) is 11.9 Å². The van der Waals surface area contributed by atoms with E-state index in [4.69, 9.17) is 5.11 Å². The fraction of sp³-hybridized carbons (Fsp3) is 0.371. The molecule has 1 aliphatic carbocycles. The lowest BCUT2D eigenvalue weighted by Gasteiger charge is -2.29. The van der Waals surface area contributed by atoms with Crippen LogP contribution in [0.1, 0.15) is 50.7 Å². The second kappa shape index (κ2) is 15.1. The topological polar surface area (TPSA) is 202 Å². The number of sulfonamides is 1. The zero-order chi connectivity index (χ0) is 35.3. The van der Waals surface area contributed by atoms with Crippen molar-refractivity contribution in [3.63, 3.8) is 0 Å². The average Bonchev–Trinajstić information content (AvgIpc) is 3.42. The average molecular weight is 691 g/mol. The molecule has 5 rings (SSSR count). The molecular formula is C35H42N6O7S. The number of rotatable bonds is 12. The first-order chi connectivity index (χ1) is 23.3. The van der Waals surface area contributed by atoms with E-state index in [1.807, 2.05) is 31.2 Å². The van der Waals surface area contributed by atoms with Gasteiger partial charge in [-0.25, -0.2) is 22.7 Å². The number of H-pyrrole nitrogens is 2. The highest BCUT2D eigenvalue weighted by Gasteiger charge is 2.30. The van der Waals surface area contributed by atoms with E-state index in [9.17, 15) is 27.6 Å². The second-order valence-electron chi connectivity index (χ2n) is 12.9. The summed E-state index contributed by atoms with van der Waals surface area (Å²) in [6.45, 7) is 5.73. The zero-order valence-corrected chi connectivity index (χ0v) is 28.4. The third-order valence-corrected chi connectivity index (χ3v) is 10.4. The SMILES string of the molecule is Cc1cc(S(=O)(=O)NC(C)C)ccc1-c1ccc(C[C@H](NC(=O)[C@H]2CC[C@H](CNC(=O)O)CC2)C(=O)Nc2ccc3[nH]c(=O)[nH]c3c2)cc1. The number of aryl methyl sites for hydroxylation is 1. The van der Waals surface area contributed by atoms with Crippen LogP contribution in [0.5, 0.6) is 0 Å². The summed E-state index contributed by atoms with van der Waals surface area (Å²) in [4.78, 5) is 55.2. The normalized spacial score (nSPS) is 17.1. The largest absolute Gasteiger partial charge is 0.465 e. The van der Waals surface area contributed by atoms with Gasteiger partial charge >= 0.3 is 11.8 Å². The van der Waals surface area contributed by atoms with Crippen LogP contribution in [0, 0.1) is 18.8 Å². The minimum atomic E-state index is -3.63. The number of hydrogen-bond acceptors (Lipinski definition) is 6. The van der Waals surface area contributed by atoms with Crippen molar-refractivity contribution in [1.29, 1.82) is 0 Å². The Morgan fingerprint density at radius 1 is 0.918 bits per heavy atom. The van der Waals surface area contributed by atoms with Crippen LogP contribution >= 0.6 is 0 Å². The van der Waals surface area contributed by atoms with Gasteiger partial charge in [0.1, 0.15) is 6.04 Å². The molecule has 13 nitrogen and oxygen atoms in total. The van der Waals surface area contributed by atoms with Gasteiger partial charge in [-0.3, -0.25) is 9.59 Å². The van der Waals surface area contributed by atoms with E-state index < -0.39 is 28.1 Å². The second-order valence-corrected chi connectivity index (χ2v) is 14.7. The Hall–Kier alpha value is -4.95. The Balaban J connectivity index is 1.31. The van der Waals surface area contributed by atoms with E-state index in [0.29, 0.717) is 48.9 Å². The smallest absolute Gasteiger partial charge is 0.404 e. The Morgan fingerprint density at radius 3 is 2.27 bits per heavy atom. The molecule has 0 saturated heterocycles. The lowest BCUT2D eigenvalue weighted by molar-refractivity contribution is -0.130. The molecule has 3 amide bonds. The number of carbonyl (C=O) groups is 3. The van der Waals surface area contributed by atoms with Crippen LogP contribution in [0.3, 0.4) is 0 Å². The molecule has 4 aromatic rings. The molecule has 0 unspecified atom stereocenters. The quantitative estimate of drug-likeness (QED) is 0.115. The van der Waals surface area contributed by atoms with Crippen LogP contribution < -0.4 is 26.4 Å². The van der Waals surface area contributed by atoms with Gasteiger partial charge in [-0.15, -0.1) is 0 Å². The predicted molar refractivity (Wildman–Crippen MR) is 187 cm³/mol. The number of aromatic nitrogens is 2. The molecule has 1 saturated carbocycles. The summed E-state index contributed by atoms with van der Waals surface area (Å²) in [5.74, 6) is -0.792. The minimum absolute atomic E-state index is 0.161. The van der Waals surface area contributed by atoms with Gasteiger partial charge in [-0.2, -0.15) is 0 Å². The van der Waals surface area contributed by atoms with Crippen LogP contribution in [0.25, 0.3) is 22.2 Å². The molecule has 1 aliphatic rings. The molecule has 0 aliphatic heterocycles. The molecule has 0 bridgehead atoms. The number of amides is 3. The standard InChI is InChI=1S/C35H42N6O7S/c1-20(2)41-49(47,48)27-13-14-28(21(3)16-27)24-8-4-22(5-9-24)17-31(33(43)37-26-12-15-29-30(18-26)40-34(44)39-29)38-32(42)25-10-6-23(7-11-25)19-36-35(45)46/h4-5,8-9,12-16,18,20,23,25,31,36,41H,6-7,10-11,17,19H2,1-3H3,(H,37,43)(H,38,42)(H,45,46)(H2,39,40,44)/t23-,25-,31-/m0/s1. The van der Waals surface area contributed by atoms with Gasteiger partial charge in [0.2, 0.25) is 21.8 Å². The minimum Gasteiger partial charge on any atom is -0.465 e. The van der Waals surface area contributed by atoms with Crippen molar-refractivity contribution in [3.8, 4) is 11.1 Å². The Labute approximate surface area is 284 Å². The first kappa shape index (κ1) is 35.4. The van der Waals surface area contributed by atoms with E-state index in [1.54, 1.807) is 50.2 Å². The maximum Gasteiger partial charge on any atom is 0.404 e. The summed E-state index contributed by atoms with van der Waals surface area (Å²) in [6.07, 6.45) is 1.71. The number of fused-ring (bicyclic) bond motifs is 1. The number of carbonyl (C=O) groups excluding carboxylic acids is 2. The first-order valence-corrected chi connectivity index (χ1v) is 17.8. The van der Waals surface area contributed by atoms with Crippen LogP contribution in [-0.4, -0.2) is 60.0 Å². The van der Waals surface area contributed by atoms with Gasteiger partial charge in [0, 0.05) is 30.6 Å². The summed E-state index contributed by atoms with van der Waals surface area (Å²) in [6, 6.07) is 16.4. The van der Waals surface area contributed by atoms with Crippen LogP contribution in [0.2, 0.25) is 0 Å². The summed E-state index contributed by atoms with van der Waals surface area (Å²) >= 11 is 0. The molecule has 1 atom stereocenters. The summed E-state index contributed by atoms with van der Waals surface area (Å²) in [5.41, 5.74) is 4.55. The molecule has 1 aromatic heterocycles. The number of carboxylic acid groups (broad SMARTS) is 1. The number of imidazole rings is 1. The molecule has 14 heteroatoms. The number of aromatic amines is 2. The van der Waals surface area contributed by atoms with Crippen LogP contribution in [0.15, 0.2) is 70.4 Å². The maximum absolute atomic E-state index is 13.7. The highest BCUT2D eigenvalue weighted by atomic mass is 32.2. The predicted octanol–water partition coefficient (Wildman–Crippen LogP) is 4.26. The number of anilines is 1. The van der Waals surface area contributed by atoms with E-state index in [1.165, 1.54) is 0 Å². The number of benzene rings is 3. The Morgan fingerprint density at radius 2 is 1.61 bits per heavy atom. The van der Waals surface area contributed by atoms with Gasteiger partial charge in [0.05, 0.1) is 15.9 Å². The number of nitrogens with one attached hydrogen (secondary N) is 6. The molecule has 0 spiro atoms. The van der Waals surface area contributed by atoms with Gasteiger partial charge in [0.15, 0.2) is 0 Å². The van der Waals surface area contributed by atoms with Crippen molar-refractivity contribution in [2.24, 2.45) is 11.8 Å². The Kier molecular flexibility index (Phi) is 10.9. The molecule has 0 radical (unpaired) electrons. The van der Waals surface area contributed by atoms with Gasteiger partial charge in [-0.05, 0) is 105 Å².